The largest absolute Gasteiger partial charge is 0.449 e. The molecule has 11 nitrogen and oxygen atoms in total. The molecule has 0 atom stereocenters. The van der Waals surface area contributed by atoms with E-state index < -0.39 is 6.09 Å². The summed E-state index contributed by atoms with van der Waals surface area (Å²) in [5, 5.41) is 2.81. The second-order valence-electron chi connectivity index (χ2n) is 13.4. The molecule has 4 aromatic carbocycles. The molecular formula is C44H52N2O9. The highest BCUT2D eigenvalue weighted by atomic mass is 16.6. The van der Waals surface area contributed by atoms with Gasteiger partial charge in [-0.1, -0.05) is 97.1 Å². The Morgan fingerprint density at radius 1 is 0.509 bits per heavy atom. The maximum Gasteiger partial charge on any atom is 0.409 e. The molecule has 0 aliphatic heterocycles. The van der Waals surface area contributed by atoms with Crippen molar-refractivity contribution in [3.05, 3.63) is 119 Å². The Morgan fingerprint density at radius 2 is 0.873 bits per heavy atom. The second kappa shape index (κ2) is 21.3. The molecule has 55 heavy (non-hydrogen) atoms. The van der Waals surface area contributed by atoms with Crippen LogP contribution in [0.15, 0.2) is 97.1 Å². The number of alkyl carbamates (subject to hydrolysis) is 1. The van der Waals surface area contributed by atoms with Crippen LogP contribution in [0.5, 0.6) is 0 Å². The molecular weight excluding hydrogens is 700 g/mol. The van der Waals surface area contributed by atoms with E-state index in [0.29, 0.717) is 98.8 Å². The normalized spacial score (nSPS) is 12.8. The van der Waals surface area contributed by atoms with Gasteiger partial charge >= 0.3 is 12.2 Å². The van der Waals surface area contributed by atoms with E-state index in [2.05, 4.69) is 53.8 Å². The van der Waals surface area contributed by atoms with Gasteiger partial charge in [-0.3, -0.25) is 0 Å². The summed E-state index contributed by atoms with van der Waals surface area (Å²) in [5.41, 5.74) is 9.59. The van der Waals surface area contributed by atoms with Crippen LogP contribution in [-0.2, 0) is 33.2 Å². The number of hydrogen-bond donors (Lipinski definition) is 1. The van der Waals surface area contributed by atoms with Crippen molar-refractivity contribution in [3.8, 4) is 22.3 Å². The summed E-state index contributed by atoms with van der Waals surface area (Å²) in [5.74, 6) is 0.0798. The third kappa shape index (κ3) is 11.1. The van der Waals surface area contributed by atoms with Gasteiger partial charge in [0, 0.05) is 38.6 Å². The van der Waals surface area contributed by atoms with Gasteiger partial charge in [0.15, 0.2) is 0 Å². The minimum absolute atomic E-state index is 0.0349. The van der Waals surface area contributed by atoms with Gasteiger partial charge in [0.1, 0.15) is 13.2 Å². The van der Waals surface area contributed by atoms with Crippen LogP contribution in [0, 0.1) is 0 Å². The number of ether oxygens (including phenoxy) is 7. The fourth-order valence-corrected chi connectivity index (χ4v) is 6.99. The van der Waals surface area contributed by atoms with Gasteiger partial charge in [-0.2, -0.15) is 0 Å². The van der Waals surface area contributed by atoms with Crippen LogP contribution in [0.4, 0.5) is 9.59 Å². The zero-order valence-electron chi connectivity index (χ0n) is 31.6. The summed E-state index contributed by atoms with van der Waals surface area (Å²) < 4.78 is 39.1. The highest BCUT2D eigenvalue weighted by Gasteiger charge is 2.30. The van der Waals surface area contributed by atoms with E-state index in [-0.39, 0.29) is 17.9 Å². The van der Waals surface area contributed by atoms with Crippen LogP contribution in [0.25, 0.3) is 22.3 Å². The molecule has 0 unspecified atom stereocenters. The number of carbonyl (C=O) groups is 2. The van der Waals surface area contributed by atoms with Gasteiger partial charge in [-0.25, -0.2) is 9.59 Å². The Balaban J connectivity index is 0.684. The van der Waals surface area contributed by atoms with Crippen molar-refractivity contribution in [1.29, 1.82) is 0 Å². The lowest BCUT2D eigenvalue weighted by atomic mass is 9.98. The summed E-state index contributed by atoms with van der Waals surface area (Å²) in [6.45, 7) is 6.03. The van der Waals surface area contributed by atoms with Crippen molar-refractivity contribution in [2.45, 2.75) is 18.3 Å². The highest BCUT2D eigenvalue weighted by molar-refractivity contribution is 5.80. The van der Waals surface area contributed by atoms with Crippen LogP contribution in [0.2, 0.25) is 0 Å². The Morgan fingerprint density at radius 3 is 1.31 bits per heavy atom. The van der Waals surface area contributed by atoms with Crippen molar-refractivity contribution in [2.24, 2.45) is 0 Å². The molecule has 11 heteroatoms. The number of amides is 2. The highest BCUT2D eigenvalue weighted by Crippen LogP contribution is 2.45. The van der Waals surface area contributed by atoms with E-state index >= 15 is 0 Å². The van der Waals surface area contributed by atoms with Crippen LogP contribution < -0.4 is 5.32 Å². The molecule has 2 aliphatic carbocycles. The van der Waals surface area contributed by atoms with Crippen molar-refractivity contribution in [2.75, 3.05) is 99.4 Å². The minimum Gasteiger partial charge on any atom is -0.449 e. The zero-order valence-corrected chi connectivity index (χ0v) is 31.6. The lowest BCUT2D eigenvalue weighted by Crippen LogP contribution is -2.32. The van der Waals surface area contributed by atoms with Gasteiger partial charge in [0.05, 0.1) is 59.5 Å². The first-order chi connectivity index (χ1) is 27.1. The Labute approximate surface area is 323 Å². The standard InChI is InChI=1S/C44H52N2O9/c1-46(44(48)55-32-42-39-17-8-4-13-35(39)36-14-5-9-18-40(36)42)20-22-50-24-26-52-28-30-53-29-27-51-25-23-49-21-10-19-45-43(47)54-31-41-37-15-6-2-11-33(37)34-12-3-7-16-38(34)41/h2-9,11-18,41-42H,10,19-32H2,1H3,(H,45,47). The van der Waals surface area contributed by atoms with Gasteiger partial charge in [-0.15, -0.1) is 0 Å². The average molecular weight is 753 g/mol. The molecule has 0 heterocycles. The van der Waals surface area contributed by atoms with Gasteiger partial charge in [-0.05, 0) is 50.9 Å². The van der Waals surface area contributed by atoms with Gasteiger partial charge in [0.25, 0.3) is 0 Å². The third-order valence-corrected chi connectivity index (χ3v) is 9.79. The number of rotatable bonds is 23. The molecule has 0 bridgehead atoms. The molecule has 0 radical (unpaired) electrons. The van der Waals surface area contributed by atoms with E-state index in [0.717, 1.165) is 0 Å². The Hall–Kier alpha value is -4.78. The molecule has 0 saturated heterocycles. The fourth-order valence-electron chi connectivity index (χ4n) is 6.99. The number of nitrogens with one attached hydrogen (secondary N) is 1. The van der Waals surface area contributed by atoms with Crippen molar-refractivity contribution >= 4 is 12.2 Å². The summed E-state index contributed by atoms with van der Waals surface area (Å²) in [4.78, 5) is 26.5. The van der Waals surface area contributed by atoms with Crippen molar-refractivity contribution in [3.63, 3.8) is 0 Å². The molecule has 2 amide bonds. The lowest BCUT2D eigenvalue weighted by Gasteiger charge is -2.19. The first-order valence-electron chi connectivity index (χ1n) is 19.2. The maximum atomic E-state index is 12.6. The molecule has 0 aromatic heterocycles. The summed E-state index contributed by atoms with van der Waals surface area (Å²) in [6, 6.07) is 33.1. The SMILES string of the molecule is CN(CCOCCOCCOCCOCCOCCCNC(=O)OCC1c2ccccc2-c2ccccc21)C(=O)OCC1c2ccccc2-c2ccccc21. The quantitative estimate of drug-likeness (QED) is 0.0811. The lowest BCUT2D eigenvalue weighted by molar-refractivity contribution is -0.0120. The second-order valence-corrected chi connectivity index (χ2v) is 13.4. The van der Waals surface area contributed by atoms with E-state index in [1.807, 2.05) is 48.5 Å². The molecule has 0 fully saturated rings. The molecule has 0 saturated carbocycles. The van der Waals surface area contributed by atoms with Crippen LogP contribution in [-0.4, -0.2) is 117 Å². The molecule has 6 rings (SSSR count). The van der Waals surface area contributed by atoms with Crippen molar-refractivity contribution in [1.82, 2.24) is 10.2 Å². The molecule has 292 valence electrons. The summed E-state index contributed by atoms with van der Waals surface area (Å²) >= 11 is 0. The van der Waals surface area contributed by atoms with Gasteiger partial charge < -0.3 is 43.4 Å². The fraction of sp³-hybridized carbons (Fsp3) is 0.409. The number of nitrogens with zero attached hydrogens (tertiary/aromatic N) is 1. The first-order valence-corrected chi connectivity index (χ1v) is 19.2. The van der Waals surface area contributed by atoms with E-state index in [1.54, 1.807) is 7.05 Å². The number of hydrogen-bond acceptors (Lipinski definition) is 9. The Bertz CT molecular complexity index is 1730. The molecule has 1 N–H and O–H groups in total. The van der Waals surface area contributed by atoms with E-state index in [4.69, 9.17) is 33.2 Å². The smallest absolute Gasteiger partial charge is 0.409 e. The predicted molar refractivity (Wildman–Crippen MR) is 209 cm³/mol. The molecule has 2 aliphatic rings. The average Bonchev–Trinajstić information content (AvgIpc) is 3.72. The van der Waals surface area contributed by atoms with E-state index in [9.17, 15) is 9.59 Å². The van der Waals surface area contributed by atoms with Crippen molar-refractivity contribution < 1.29 is 42.7 Å². The topological polar surface area (TPSA) is 114 Å². The van der Waals surface area contributed by atoms with Crippen LogP contribution >= 0.6 is 0 Å². The zero-order chi connectivity index (χ0) is 38.1. The molecule has 4 aromatic rings. The van der Waals surface area contributed by atoms with Crippen LogP contribution in [0.1, 0.15) is 40.5 Å². The maximum absolute atomic E-state index is 12.6. The monoisotopic (exact) mass is 752 g/mol. The van der Waals surface area contributed by atoms with E-state index in [1.165, 1.54) is 49.4 Å². The Kier molecular flexibility index (Phi) is 15.5. The number of fused-ring (bicyclic) bond motifs is 6. The predicted octanol–water partition coefficient (Wildman–Crippen LogP) is 6.88. The van der Waals surface area contributed by atoms with Crippen LogP contribution in [0.3, 0.4) is 0 Å². The third-order valence-electron chi connectivity index (χ3n) is 9.79. The minimum atomic E-state index is -0.419. The first kappa shape index (κ1) is 39.9. The van der Waals surface area contributed by atoms with Gasteiger partial charge in [0.2, 0.25) is 0 Å². The number of benzene rings is 4. The number of carbonyl (C=O) groups excluding carboxylic acids is 2. The number of likely N-dealkylation sites (N-methyl/N-ethyl adjacent to an activating group) is 1. The summed E-state index contributed by atoms with van der Waals surface area (Å²) in [6.07, 6.45) is -0.109. The molecule has 0 spiro atoms. The summed E-state index contributed by atoms with van der Waals surface area (Å²) in [7, 11) is 1.71.